The second kappa shape index (κ2) is 17.7. The van der Waals surface area contributed by atoms with Crippen molar-refractivity contribution in [1.29, 1.82) is 0 Å². The summed E-state index contributed by atoms with van der Waals surface area (Å²) in [4.78, 5) is 39.8. The number of sulfonamides is 1. The monoisotopic (exact) mass is 922 g/mol. The van der Waals surface area contributed by atoms with Crippen molar-refractivity contribution in [2.75, 3.05) is 62.6 Å². The fourth-order valence-electron chi connectivity index (χ4n) is 9.66. The van der Waals surface area contributed by atoms with Crippen molar-refractivity contribution in [2.45, 2.75) is 75.8 Å². The van der Waals surface area contributed by atoms with Crippen LogP contribution in [0.5, 0.6) is 11.5 Å². The highest BCUT2D eigenvalue weighted by Crippen LogP contribution is 2.44. The standard InChI is InChI=1S/C48H55ClN8O7S/c1-47(2)12-10-33(41(27-47)31-4-6-35(49)7-5-31)29-55-18-20-56(21-19-55)37-8-9-40(43(25-37)64-38-23-32-11-15-50-45(32)51-28-38)46(58)53-65(62,63)39-24-34-22-36(52-44(34)42(26-39)57(60)61)30-54-16-13-48(3,59)14-17-54/h4-9,11,15,23-26,28,36,52,59H,10,12-14,16-22,27,29-30H2,1-3H3,(H,50,51)(H,53,58)/t36-/m1/s1. The van der Waals surface area contributed by atoms with Gasteiger partial charge >= 0.3 is 0 Å². The van der Waals surface area contributed by atoms with Gasteiger partial charge in [0.2, 0.25) is 0 Å². The molecular weight excluding hydrogens is 868 g/mol. The van der Waals surface area contributed by atoms with Gasteiger partial charge in [-0.05, 0) is 110 Å². The Morgan fingerprint density at radius 3 is 2.48 bits per heavy atom. The van der Waals surface area contributed by atoms with Gasteiger partial charge in [-0.2, -0.15) is 0 Å². The Kier molecular flexibility index (Phi) is 12.2. The number of aliphatic hydroxyl groups is 1. The van der Waals surface area contributed by atoms with E-state index in [-0.39, 0.29) is 39.0 Å². The number of H-pyrrole nitrogens is 1. The number of fused-ring (bicyclic) bond motifs is 2. The summed E-state index contributed by atoms with van der Waals surface area (Å²) >= 11 is 6.25. The van der Waals surface area contributed by atoms with Crippen molar-refractivity contribution in [3.8, 4) is 11.5 Å². The summed E-state index contributed by atoms with van der Waals surface area (Å²) in [5, 5.41) is 27.5. The predicted molar refractivity (Wildman–Crippen MR) is 252 cm³/mol. The van der Waals surface area contributed by atoms with Crippen LogP contribution in [0, 0.1) is 15.5 Å². The summed E-state index contributed by atoms with van der Waals surface area (Å²) in [6.45, 7) is 12.4. The van der Waals surface area contributed by atoms with Gasteiger partial charge in [-0.25, -0.2) is 18.1 Å². The zero-order valence-corrected chi connectivity index (χ0v) is 38.5. The van der Waals surface area contributed by atoms with Crippen LogP contribution in [-0.2, 0) is 16.4 Å². The van der Waals surface area contributed by atoms with Crippen molar-refractivity contribution in [3.05, 3.63) is 117 Å². The zero-order chi connectivity index (χ0) is 45.7. The van der Waals surface area contributed by atoms with Crippen LogP contribution in [0.15, 0.2) is 89.6 Å². The number of nitrogens with one attached hydrogen (secondary N) is 3. The molecular formula is C48H55ClN8O7S. The largest absolute Gasteiger partial charge is 0.455 e. The number of halogens is 1. The van der Waals surface area contributed by atoms with E-state index in [1.165, 1.54) is 29.0 Å². The number of carbonyl (C=O) groups excluding carboxylic acids is 1. The van der Waals surface area contributed by atoms with E-state index in [1.54, 1.807) is 30.5 Å². The highest BCUT2D eigenvalue weighted by Gasteiger charge is 2.36. The number of ether oxygens (including phenoxy) is 1. The number of amides is 1. The third-order valence-corrected chi connectivity index (χ3v) is 15.0. The van der Waals surface area contributed by atoms with Crippen molar-refractivity contribution in [1.82, 2.24) is 24.5 Å². The first kappa shape index (κ1) is 44.7. The number of nitro groups is 1. The van der Waals surface area contributed by atoms with E-state index in [0.717, 1.165) is 74.1 Å². The van der Waals surface area contributed by atoms with Gasteiger partial charge in [-0.3, -0.25) is 19.8 Å². The van der Waals surface area contributed by atoms with Crippen molar-refractivity contribution in [3.63, 3.8) is 0 Å². The lowest BCUT2D eigenvalue weighted by Crippen LogP contribution is -2.47. The molecule has 2 aromatic heterocycles. The topological polar surface area (TPSA) is 186 Å². The molecule has 5 aromatic rings. The second-order valence-corrected chi connectivity index (χ2v) is 21.2. The molecule has 65 heavy (non-hydrogen) atoms. The van der Waals surface area contributed by atoms with Gasteiger partial charge in [0.25, 0.3) is 21.6 Å². The van der Waals surface area contributed by atoms with Gasteiger partial charge in [-0.15, -0.1) is 0 Å². The number of piperidine rings is 1. The van der Waals surface area contributed by atoms with E-state index in [2.05, 4.69) is 60.7 Å². The van der Waals surface area contributed by atoms with Crippen LogP contribution in [0.1, 0.15) is 74.4 Å². The molecule has 0 unspecified atom stereocenters. The fourth-order valence-corrected chi connectivity index (χ4v) is 10.8. The third kappa shape index (κ3) is 10.0. The van der Waals surface area contributed by atoms with Gasteiger partial charge in [0.15, 0.2) is 0 Å². The second-order valence-electron chi connectivity index (χ2n) is 19.1. The molecule has 15 nitrogen and oxygen atoms in total. The molecule has 342 valence electrons. The molecule has 17 heteroatoms. The number of nitro benzene ring substituents is 1. The molecule has 0 bridgehead atoms. The maximum absolute atomic E-state index is 14.1. The molecule has 0 spiro atoms. The minimum atomic E-state index is -4.60. The third-order valence-electron chi connectivity index (χ3n) is 13.5. The Bertz CT molecular complexity index is 2770. The highest BCUT2D eigenvalue weighted by atomic mass is 35.5. The van der Waals surface area contributed by atoms with Crippen molar-refractivity contribution >= 4 is 61.2 Å². The Morgan fingerprint density at radius 1 is 0.985 bits per heavy atom. The smallest absolute Gasteiger partial charge is 0.293 e. The summed E-state index contributed by atoms with van der Waals surface area (Å²) < 4.78 is 36.5. The van der Waals surface area contributed by atoms with Crippen LogP contribution in [0.4, 0.5) is 17.1 Å². The van der Waals surface area contributed by atoms with Gasteiger partial charge < -0.3 is 29.9 Å². The quantitative estimate of drug-likeness (QED) is 0.0699. The zero-order valence-electron chi connectivity index (χ0n) is 36.9. The number of likely N-dealkylation sites (tertiary alicyclic amines) is 1. The normalized spacial score (nSPS) is 20.1. The summed E-state index contributed by atoms with van der Waals surface area (Å²) in [6.07, 6.45) is 8.06. The van der Waals surface area contributed by atoms with Crippen LogP contribution in [0.2, 0.25) is 5.02 Å². The fraction of sp³-hybridized carbons (Fsp3) is 0.417. The lowest BCUT2D eigenvalue weighted by Gasteiger charge is -2.39. The minimum absolute atomic E-state index is 0.0371. The molecule has 3 aliphatic heterocycles. The van der Waals surface area contributed by atoms with Gasteiger partial charge in [0, 0.05) is 92.8 Å². The molecule has 1 aliphatic carbocycles. The number of hydrogen-bond donors (Lipinski definition) is 4. The number of nitrogens with zero attached hydrogens (tertiary/aromatic N) is 5. The SMILES string of the molecule is CC1(C)CCC(CN2CCN(c3ccc(C(=O)NS(=O)(=O)c4cc5c(c([N+](=O)[O-])c4)N[C@@H](CN4CCC(C)(O)CC4)C5)c(Oc4cnc5[nH]ccc5c4)c3)CC2)=C(c2ccc(Cl)cc2)C1. The lowest BCUT2D eigenvalue weighted by molar-refractivity contribution is -0.384. The summed E-state index contributed by atoms with van der Waals surface area (Å²) in [5.74, 6) is -0.474. The Hall–Kier alpha value is -5.52. The van der Waals surface area contributed by atoms with Crippen LogP contribution in [0.3, 0.4) is 0 Å². The number of pyridine rings is 1. The summed E-state index contributed by atoms with van der Waals surface area (Å²) in [6, 6.07) is 19.1. The van der Waals surface area contributed by atoms with Gasteiger partial charge in [0.1, 0.15) is 22.8 Å². The lowest BCUT2D eigenvalue weighted by atomic mass is 9.72. The molecule has 4 aliphatic rings. The van der Waals surface area contributed by atoms with Crippen molar-refractivity contribution in [2.24, 2.45) is 5.41 Å². The first-order chi connectivity index (χ1) is 31.0. The molecule has 9 rings (SSSR count). The number of hydrogen-bond acceptors (Lipinski definition) is 12. The maximum Gasteiger partial charge on any atom is 0.293 e. The number of allylic oxidation sites excluding steroid dienone is 1. The first-order valence-electron chi connectivity index (χ1n) is 22.3. The molecule has 3 aromatic carbocycles. The van der Waals surface area contributed by atoms with Gasteiger partial charge in [-0.1, -0.05) is 43.2 Å². The number of aromatic amines is 1. The predicted octanol–water partition coefficient (Wildman–Crippen LogP) is 8.00. The molecule has 4 N–H and O–H groups in total. The van der Waals surface area contributed by atoms with E-state index >= 15 is 0 Å². The molecule has 1 atom stereocenters. The molecule has 2 saturated heterocycles. The number of aromatic nitrogens is 2. The number of benzene rings is 3. The van der Waals surface area contributed by atoms with Crippen molar-refractivity contribution < 1.29 is 28.0 Å². The molecule has 5 heterocycles. The van der Waals surface area contributed by atoms with E-state index in [9.17, 15) is 28.4 Å². The van der Waals surface area contributed by atoms with Crippen LogP contribution >= 0.6 is 11.6 Å². The first-order valence-corrected chi connectivity index (χ1v) is 24.1. The van der Waals surface area contributed by atoms with Crippen LogP contribution in [-0.4, -0.2) is 108 Å². The molecule has 1 amide bonds. The highest BCUT2D eigenvalue weighted by molar-refractivity contribution is 7.90. The van der Waals surface area contributed by atoms with E-state index in [4.69, 9.17) is 16.3 Å². The molecule has 0 saturated carbocycles. The Labute approximate surface area is 384 Å². The van der Waals surface area contributed by atoms with Crippen LogP contribution in [0.25, 0.3) is 16.6 Å². The number of anilines is 2. The van der Waals surface area contributed by atoms with Crippen LogP contribution < -0.4 is 19.7 Å². The Morgan fingerprint density at radius 2 is 1.74 bits per heavy atom. The maximum atomic E-state index is 14.1. The average molecular weight is 924 g/mol. The molecule has 2 fully saturated rings. The molecule has 0 radical (unpaired) electrons. The minimum Gasteiger partial charge on any atom is -0.455 e. The summed E-state index contributed by atoms with van der Waals surface area (Å²) in [7, 11) is -4.60. The average Bonchev–Trinajstić information content (AvgIpc) is 3.91. The van der Waals surface area contributed by atoms with Gasteiger partial charge in [0.05, 0.1) is 27.2 Å². The number of rotatable bonds is 12. The Balaban J connectivity index is 0.932. The number of piperazine rings is 1. The summed E-state index contributed by atoms with van der Waals surface area (Å²) in [5.41, 5.74) is 5.39. The van der Waals surface area contributed by atoms with E-state index in [1.807, 2.05) is 25.1 Å². The van der Waals surface area contributed by atoms with E-state index in [0.29, 0.717) is 55.9 Å². The van der Waals surface area contributed by atoms with E-state index < -0.39 is 26.5 Å². The number of carbonyl (C=O) groups is 1.